The summed E-state index contributed by atoms with van der Waals surface area (Å²) in [6.45, 7) is 0. The van der Waals surface area contributed by atoms with E-state index >= 15 is 0 Å². The summed E-state index contributed by atoms with van der Waals surface area (Å²) in [5, 5.41) is 0. The van der Waals surface area contributed by atoms with Crippen molar-refractivity contribution in [3.63, 3.8) is 0 Å². The molecule has 0 atom stereocenters. The number of hydrogen-bond acceptors (Lipinski definition) is 6. The van der Waals surface area contributed by atoms with E-state index in [4.69, 9.17) is 0 Å². The van der Waals surface area contributed by atoms with Crippen LogP contribution < -0.4 is 15.8 Å². The Morgan fingerprint density at radius 3 is 2.38 bits per heavy atom. The van der Waals surface area contributed by atoms with Crippen LogP contribution in [-0.4, -0.2) is 31.5 Å². The SMILES string of the molecule is COC(=O)c1cccc(NS(=O)(=O)c2ccc3[nH]c(=O)c(=O)[nH]c3c2)c1. The minimum atomic E-state index is -3.99. The summed E-state index contributed by atoms with van der Waals surface area (Å²) in [5.41, 5.74) is -0.894. The first kappa shape index (κ1) is 17.4. The van der Waals surface area contributed by atoms with Crippen LogP contribution in [0, 0.1) is 0 Å². The number of carbonyl (C=O) groups is 1. The lowest BCUT2D eigenvalue weighted by Crippen LogP contribution is -2.29. The van der Waals surface area contributed by atoms with Crippen molar-refractivity contribution in [1.82, 2.24) is 9.97 Å². The van der Waals surface area contributed by atoms with Crippen molar-refractivity contribution >= 4 is 32.7 Å². The van der Waals surface area contributed by atoms with E-state index in [2.05, 4.69) is 19.4 Å². The molecule has 1 heterocycles. The van der Waals surface area contributed by atoms with E-state index in [1.807, 2.05) is 0 Å². The van der Waals surface area contributed by atoms with Gasteiger partial charge in [-0.3, -0.25) is 14.3 Å². The van der Waals surface area contributed by atoms with Crippen molar-refractivity contribution in [2.75, 3.05) is 11.8 Å². The highest BCUT2D eigenvalue weighted by Gasteiger charge is 2.16. The second-order valence-corrected chi connectivity index (χ2v) is 6.98. The molecule has 0 radical (unpaired) electrons. The van der Waals surface area contributed by atoms with Crippen LogP contribution in [0.3, 0.4) is 0 Å². The second-order valence-electron chi connectivity index (χ2n) is 5.29. The maximum atomic E-state index is 12.6. The van der Waals surface area contributed by atoms with Gasteiger partial charge in [0.15, 0.2) is 0 Å². The molecule has 10 heteroatoms. The summed E-state index contributed by atoms with van der Waals surface area (Å²) < 4.78 is 32.1. The van der Waals surface area contributed by atoms with Crippen LogP contribution >= 0.6 is 0 Å². The van der Waals surface area contributed by atoms with Crippen LogP contribution in [0.1, 0.15) is 10.4 Å². The monoisotopic (exact) mass is 375 g/mol. The van der Waals surface area contributed by atoms with Crippen molar-refractivity contribution < 1.29 is 17.9 Å². The first-order valence-electron chi connectivity index (χ1n) is 7.28. The van der Waals surface area contributed by atoms with E-state index in [1.54, 1.807) is 0 Å². The molecule has 2 aromatic carbocycles. The first-order valence-corrected chi connectivity index (χ1v) is 8.76. The molecule has 0 saturated heterocycles. The van der Waals surface area contributed by atoms with Crippen LogP contribution in [0.5, 0.6) is 0 Å². The van der Waals surface area contributed by atoms with Crippen molar-refractivity contribution in [1.29, 1.82) is 0 Å². The summed E-state index contributed by atoms with van der Waals surface area (Å²) >= 11 is 0. The number of benzene rings is 2. The highest BCUT2D eigenvalue weighted by Crippen LogP contribution is 2.19. The summed E-state index contributed by atoms with van der Waals surface area (Å²) in [6.07, 6.45) is 0. The van der Waals surface area contributed by atoms with Crippen molar-refractivity contribution in [2.45, 2.75) is 4.90 Å². The topological polar surface area (TPSA) is 138 Å². The zero-order chi connectivity index (χ0) is 18.9. The number of aromatic nitrogens is 2. The van der Waals surface area contributed by atoms with Gasteiger partial charge < -0.3 is 14.7 Å². The quantitative estimate of drug-likeness (QED) is 0.455. The molecule has 3 aromatic rings. The normalized spacial score (nSPS) is 11.3. The Morgan fingerprint density at radius 2 is 1.69 bits per heavy atom. The fourth-order valence-corrected chi connectivity index (χ4v) is 3.38. The lowest BCUT2D eigenvalue weighted by Gasteiger charge is -2.10. The number of esters is 1. The minimum Gasteiger partial charge on any atom is -0.465 e. The molecule has 0 saturated carbocycles. The van der Waals surface area contributed by atoms with E-state index in [-0.39, 0.29) is 21.7 Å². The molecule has 9 nitrogen and oxygen atoms in total. The standard InChI is InChI=1S/C16H13N3O6S/c1-25-16(22)9-3-2-4-10(7-9)19-26(23,24)11-5-6-12-13(8-11)18-15(21)14(20)17-12/h2-8,19H,1H3,(H,17,20)(H,18,21). The molecule has 3 rings (SSSR count). The molecular weight excluding hydrogens is 362 g/mol. The maximum absolute atomic E-state index is 12.6. The molecule has 0 amide bonds. The number of rotatable bonds is 4. The van der Waals surface area contributed by atoms with E-state index in [0.717, 1.165) is 0 Å². The summed E-state index contributed by atoms with van der Waals surface area (Å²) in [4.78, 5) is 38.8. The number of aromatic amines is 2. The highest BCUT2D eigenvalue weighted by molar-refractivity contribution is 7.92. The number of anilines is 1. The van der Waals surface area contributed by atoms with E-state index in [9.17, 15) is 22.8 Å². The third kappa shape index (κ3) is 3.35. The lowest BCUT2D eigenvalue weighted by atomic mass is 10.2. The Kier molecular flexibility index (Phi) is 4.34. The number of carbonyl (C=O) groups excluding carboxylic acids is 1. The number of hydrogen-bond donors (Lipinski definition) is 3. The smallest absolute Gasteiger partial charge is 0.337 e. The number of ether oxygens (including phenoxy) is 1. The molecule has 26 heavy (non-hydrogen) atoms. The Hall–Kier alpha value is -3.40. The van der Waals surface area contributed by atoms with Gasteiger partial charge in [0.05, 0.1) is 28.6 Å². The van der Waals surface area contributed by atoms with Crippen LogP contribution in [0.15, 0.2) is 56.9 Å². The first-order chi connectivity index (χ1) is 12.3. The van der Waals surface area contributed by atoms with Gasteiger partial charge in [0.25, 0.3) is 10.0 Å². The summed E-state index contributed by atoms with van der Waals surface area (Å²) in [7, 11) is -2.77. The number of fused-ring (bicyclic) bond motifs is 1. The highest BCUT2D eigenvalue weighted by atomic mass is 32.2. The number of methoxy groups -OCH3 is 1. The number of H-pyrrole nitrogens is 2. The molecule has 0 aliphatic carbocycles. The van der Waals surface area contributed by atoms with Crippen LogP contribution in [0.25, 0.3) is 11.0 Å². The Labute approximate surface area is 146 Å². The molecule has 0 aliphatic rings. The molecule has 134 valence electrons. The van der Waals surface area contributed by atoms with Crippen molar-refractivity contribution in [3.8, 4) is 0 Å². The Balaban J connectivity index is 1.99. The molecule has 0 bridgehead atoms. The van der Waals surface area contributed by atoms with Crippen LogP contribution in [0.2, 0.25) is 0 Å². The van der Waals surface area contributed by atoms with E-state index in [0.29, 0.717) is 5.52 Å². The van der Waals surface area contributed by atoms with Gasteiger partial charge in [0.2, 0.25) is 0 Å². The average Bonchev–Trinajstić information content (AvgIpc) is 2.61. The third-order valence-corrected chi connectivity index (χ3v) is 4.92. The van der Waals surface area contributed by atoms with Gasteiger partial charge >= 0.3 is 17.1 Å². The average molecular weight is 375 g/mol. The molecule has 0 unspecified atom stereocenters. The molecule has 0 aliphatic heterocycles. The predicted octanol–water partition coefficient (Wildman–Crippen LogP) is 0.804. The summed E-state index contributed by atoms with van der Waals surface area (Å²) in [5.74, 6) is -0.599. The van der Waals surface area contributed by atoms with Gasteiger partial charge in [-0.05, 0) is 36.4 Å². The molecular formula is C16H13N3O6S. The van der Waals surface area contributed by atoms with Gasteiger partial charge in [-0.15, -0.1) is 0 Å². The summed E-state index contributed by atoms with van der Waals surface area (Å²) in [6, 6.07) is 9.68. The minimum absolute atomic E-state index is 0.129. The molecule has 0 fully saturated rings. The Bertz CT molecular complexity index is 1230. The third-order valence-electron chi connectivity index (χ3n) is 3.54. The predicted molar refractivity (Wildman–Crippen MR) is 93.8 cm³/mol. The fraction of sp³-hybridized carbons (Fsp3) is 0.0625. The van der Waals surface area contributed by atoms with Gasteiger partial charge in [-0.1, -0.05) is 6.07 Å². The largest absolute Gasteiger partial charge is 0.465 e. The maximum Gasteiger partial charge on any atom is 0.337 e. The molecule has 3 N–H and O–H groups in total. The number of sulfonamides is 1. The van der Waals surface area contributed by atoms with Gasteiger partial charge in [-0.25, -0.2) is 13.2 Å². The molecule has 1 aromatic heterocycles. The lowest BCUT2D eigenvalue weighted by molar-refractivity contribution is 0.0601. The fourth-order valence-electron chi connectivity index (χ4n) is 2.30. The van der Waals surface area contributed by atoms with E-state index in [1.165, 1.54) is 49.6 Å². The second kappa shape index (κ2) is 6.48. The van der Waals surface area contributed by atoms with Crippen LogP contribution in [-0.2, 0) is 14.8 Å². The zero-order valence-electron chi connectivity index (χ0n) is 13.4. The van der Waals surface area contributed by atoms with Gasteiger partial charge in [0.1, 0.15) is 0 Å². The van der Waals surface area contributed by atoms with Gasteiger partial charge in [0, 0.05) is 5.69 Å². The number of nitrogens with one attached hydrogen (secondary N) is 3. The van der Waals surface area contributed by atoms with Crippen molar-refractivity contribution in [3.05, 3.63) is 68.7 Å². The van der Waals surface area contributed by atoms with Gasteiger partial charge in [-0.2, -0.15) is 0 Å². The zero-order valence-corrected chi connectivity index (χ0v) is 14.2. The van der Waals surface area contributed by atoms with Crippen molar-refractivity contribution in [2.24, 2.45) is 0 Å². The molecule has 0 spiro atoms. The Morgan fingerprint density at radius 1 is 1.00 bits per heavy atom. The van der Waals surface area contributed by atoms with E-state index < -0.39 is 27.1 Å². The van der Waals surface area contributed by atoms with Crippen LogP contribution in [0.4, 0.5) is 5.69 Å².